The molecule has 0 saturated carbocycles. The van der Waals surface area contributed by atoms with E-state index in [0.29, 0.717) is 24.5 Å². The predicted octanol–water partition coefficient (Wildman–Crippen LogP) is 2.39. The third-order valence-electron chi connectivity index (χ3n) is 5.76. The molecule has 7 nitrogen and oxygen atoms in total. The number of aromatic nitrogens is 3. The highest BCUT2D eigenvalue weighted by atomic mass is 19.1. The fraction of sp³-hybridized carbons (Fsp3) is 0.273. The van der Waals surface area contributed by atoms with Crippen molar-refractivity contribution in [2.24, 2.45) is 4.99 Å². The van der Waals surface area contributed by atoms with E-state index in [9.17, 15) is 14.3 Å². The van der Waals surface area contributed by atoms with Crippen molar-refractivity contribution < 1.29 is 14.3 Å². The summed E-state index contributed by atoms with van der Waals surface area (Å²) in [5.41, 5.74) is 3.99. The molecule has 5 rings (SSSR count). The lowest BCUT2D eigenvalue weighted by Crippen LogP contribution is -2.30. The van der Waals surface area contributed by atoms with Gasteiger partial charge < -0.3 is 10.4 Å². The van der Waals surface area contributed by atoms with Crippen LogP contribution in [0.2, 0.25) is 0 Å². The Morgan fingerprint density at radius 3 is 2.83 bits per heavy atom. The van der Waals surface area contributed by atoms with Gasteiger partial charge >= 0.3 is 0 Å². The van der Waals surface area contributed by atoms with Crippen LogP contribution in [-0.2, 0) is 6.54 Å². The number of nitrogens with zero attached hydrogens (tertiary/aromatic N) is 4. The molecule has 2 aromatic carbocycles. The standard InChI is InChI=1S/C22H20FN5O2/c23-14-6-4-13(5-7-14)16-10-24-17-3-1-2-15-18(30)11-25-21(19(15)17)20(16)22-26-12-27-28(22)8-9-29/h1-7,12,16,20,24,29H,8-11H2. The molecule has 2 atom stereocenters. The molecule has 152 valence electrons. The lowest BCUT2D eigenvalue weighted by Gasteiger charge is -2.28. The van der Waals surface area contributed by atoms with Crippen LogP contribution >= 0.6 is 0 Å². The molecule has 0 amide bonds. The van der Waals surface area contributed by atoms with Gasteiger partial charge in [-0.15, -0.1) is 0 Å². The van der Waals surface area contributed by atoms with Crippen LogP contribution in [0, 0.1) is 5.82 Å². The molecule has 30 heavy (non-hydrogen) atoms. The molecule has 0 aliphatic carbocycles. The highest BCUT2D eigenvalue weighted by molar-refractivity contribution is 6.20. The van der Waals surface area contributed by atoms with E-state index in [1.54, 1.807) is 16.8 Å². The summed E-state index contributed by atoms with van der Waals surface area (Å²) in [6.45, 7) is 0.851. The van der Waals surface area contributed by atoms with Crippen molar-refractivity contribution in [2.75, 3.05) is 25.0 Å². The minimum atomic E-state index is -0.312. The number of Topliss-reactive ketones (excluding diaryl/α,β-unsaturated/α-hetero) is 1. The third-order valence-corrected chi connectivity index (χ3v) is 5.76. The number of halogens is 1. The van der Waals surface area contributed by atoms with Gasteiger partial charge in [0.15, 0.2) is 5.78 Å². The minimum Gasteiger partial charge on any atom is -0.394 e. The van der Waals surface area contributed by atoms with Gasteiger partial charge in [-0.2, -0.15) is 5.10 Å². The van der Waals surface area contributed by atoms with Crippen LogP contribution in [0.25, 0.3) is 0 Å². The number of aliphatic hydroxyl groups is 1. The molecule has 2 aliphatic rings. The van der Waals surface area contributed by atoms with E-state index in [0.717, 1.165) is 22.5 Å². The summed E-state index contributed by atoms with van der Waals surface area (Å²) in [6, 6.07) is 12.1. The summed E-state index contributed by atoms with van der Waals surface area (Å²) in [6.07, 6.45) is 1.46. The van der Waals surface area contributed by atoms with Crippen LogP contribution in [-0.4, -0.2) is 51.1 Å². The second kappa shape index (κ2) is 7.46. The first kappa shape index (κ1) is 18.6. The zero-order chi connectivity index (χ0) is 20.7. The van der Waals surface area contributed by atoms with E-state index in [1.807, 2.05) is 18.2 Å². The Hall–Kier alpha value is -3.39. The average molecular weight is 405 g/mol. The second-order valence-corrected chi connectivity index (χ2v) is 7.43. The number of carbonyl (C=O) groups is 1. The Morgan fingerprint density at radius 2 is 2.03 bits per heavy atom. The summed E-state index contributed by atoms with van der Waals surface area (Å²) in [7, 11) is 0. The van der Waals surface area contributed by atoms with Gasteiger partial charge in [-0.3, -0.25) is 9.79 Å². The number of aliphatic hydroxyl groups excluding tert-OH is 1. The number of carbonyl (C=O) groups excluding carboxylic acids is 1. The van der Waals surface area contributed by atoms with Crippen molar-refractivity contribution >= 4 is 17.2 Å². The molecule has 3 heterocycles. The van der Waals surface area contributed by atoms with Gasteiger partial charge in [0.25, 0.3) is 0 Å². The molecule has 0 fully saturated rings. The maximum atomic E-state index is 13.6. The monoisotopic (exact) mass is 405 g/mol. The lowest BCUT2D eigenvalue weighted by molar-refractivity contribution is 0.1000. The first-order chi connectivity index (χ1) is 14.7. The van der Waals surface area contributed by atoms with E-state index in [1.165, 1.54) is 18.5 Å². The number of hydrogen-bond donors (Lipinski definition) is 2. The van der Waals surface area contributed by atoms with Crippen LogP contribution in [0.15, 0.2) is 53.8 Å². The molecule has 3 aromatic rings. The van der Waals surface area contributed by atoms with Crippen molar-refractivity contribution in [1.29, 1.82) is 0 Å². The summed E-state index contributed by atoms with van der Waals surface area (Å²) < 4.78 is 15.3. The fourth-order valence-corrected chi connectivity index (χ4v) is 4.41. The Morgan fingerprint density at radius 1 is 1.20 bits per heavy atom. The zero-order valence-electron chi connectivity index (χ0n) is 16.1. The fourth-order valence-electron chi connectivity index (χ4n) is 4.41. The molecule has 2 aliphatic heterocycles. The molecule has 1 aromatic heterocycles. The minimum absolute atomic E-state index is 0.0202. The summed E-state index contributed by atoms with van der Waals surface area (Å²) >= 11 is 0. The van der Waals surface area contributed by atoms with Gasteiger partial charge in [-0.25, -0.2) is 14.1 Å². The number of nitrogens with one attached hydrogen (secondary N) is 1. The van der Waals surface area contributed by atoms with Gasteiger partial charge in [0.05, 0.1) is 24.8 Å². The van der Waals surface area contributed by atoms with Gasteiger partial charge in [0.2, 0.25) is 0 Å². The highest BCUT2D eigenvalue weighted by Gasteiger charge is 2.40. The van der Waals surface area contributed by atoms with E-state index in [-0.39, 0.29) is 36.6 Å². The van der Waals surface area contributed by atoms with Gasteiger partial charge in [0.1, 0.15) is 24.5 Å². The van der Waals surface area contributed by atoms with Gasteiger partial charge in [0, 0.05) is 29.3 Å². The largest absolute Gasteiger partial charge is 0.394 e. The first-order valence-corrected chi connectivity index (χ1v) is 9.86. The Bertz CT molecular complexity index is 1140. The molecule has 2 N–H and O–H groups in total. The van der Waals surface area contributed by atoms with Crippen LogP contribution in [0.1, 0.15) is 39.1 Å². The smallest absolute Gasteiger partial charge is 0.184 e. The molecule has 2 unspecified atom stereocenters. The van der Waals surface area contributed by atoms with Crippen LogP contribution in [0.3, 0.4) is 0 Å². The quantitative estimate of drug-likeness (QED) is 0.695. The molecule has 8 heteroatoms. The number of ketones is 1. The zero-order valence-corrected chi connectivity index (χ0v) is 16.1. The summed E-state index contributed by atoms with van der Waals surface area (Å²) in [4.78, 5) is 21.7. The molecular formula is C22H20FN5O2. The number of aliphatic imine (C=N–C) groups is 1. The van der Waals surface area contributed by atoms with Crippen molar-refractivity contribution in [3.63, 3.8) is 0 Å². The predicted molar refractivity (Wildman–Crippen MR) is 110 cm³/mol. The van der Waals surface area contributed by atoms with E-state index < -0.39 is 0 Å². The maximum Gasteiger partial charge on any atom is 0.184 e. The van der Waals surface area contributed by atoms with Crippen molar-refractivity contribution in [3.8, 4) is 0 Å². The summed E-state index contributed by atoms with van der Waals surface area (Å²) in [5, 5.41) is 17.2. The van der Waals surface area contributed by atoms with E-state index in [2.05, 4.69) is 20.4 Å². The van der Waals surface area contributed by atoms with Crippen molar-refractivity contribution in [2.45, 2.75) is 18.4 Å². The molecule has 0 bridgehead atoms. The van der Waals surface area contributed by atoms with Crippen molar-refractivity contribution in [1.82, 2.24) is 14.8 Å². The molecule has 0 saturated heterocycles. The summed E-state index contributed by atoms with van der Waals surface area (Å²) in [5.74, 6) is -0.0948. The third kappa shape index (κ3) is 3.00. The van der Waals surface area contributed by atoms with Gasteiger partial charge in [-0.1, -0.05) is 24.3 Å². The maximum absolute atomic E-state index is 13.6. The molecular weight excluding hydrogens is 385 g/mol. The second-order valence-electron chi connectivity index (χ2n) is 7.43. The van der Waals surface area contributed by atoms with Crippen LogP contribution in [0.4, 0.5) is 10.1 Å². The average Bonchev–Trinajstić information content (AvgIpc) is 3.14. The van der Waals surface area contributed by atoms with Gasteiger partial charge in [-0.05, 0) is 23.8 Å². The number of anilines is 1. The Kier molecular flexibility index (Phi) is 4.63. The highest BCUT2D eigenvalue weighted by Crippen LogP contribution is 2.42. The molecule has 0 spiro atoms. The Balaban J connectivity index is 1.73. The number of hydrogen-bond acceptors (Lipinski definition) is 6. The number of rotatable bonds is 4. The molecule has 0 radical (unpaired) electrons. The first-order valence-electron chi connectivity index (χ1n) is 9.86. The lowest BCUT2D eigenvalue weighted by atomic mass is 9.78. The topological polar surface area (TPSA) is 92.4 Å². The Labute approximate surface area is 172 Å². The van der Waals surface area contributed by atoms with E-state index >= 15 is 0 Å². The van der Waals surface area contributed by atoms with Crippen molar-refractivity contribution in [3.05, 3.63) is 77.1 Å². The SMILES string of the molecule is O=C1CN=C2c3c(cccc31)NCC(c1ccc(F)cc1)C2c1ncnn1CCO. The van der Waals surface area contributed by atoms with Crippen LogP contribution in [0.5, 0.6) is 0 Å². The normalized spacial score (nSPS) is 20.2. The number of benzene rings is 2. The van der Waals surface area contributed by atoms with E-state index in [4.69, 9.17) is 0 Å². The van der Waals surface area contributed by atoms with Crippen LogP contribution < -0.4 is 5.32 Å².